The molecular weight excluding hydrogens is 252 g/mol. The van der Waals surface area contributed by atoms with Crippen molar-refractivity contribution in [2.24, 2.45) is 0 Å². The number of allylic oxidation sites excluding steroid dienone is 1. The highest BCUT2D eigenvalue weighted by Crippen LogP contribution is 2.25. The first-order valence-electron chi connectivity index (χ1n) is 4.91. The molecule has 18 heavy (non-hydrogen) atoms. The quantitative estimate of drug-likeness (QED) is 0.818. The van der Waals surface area contributed by atoms with Crippen molar-refractivity contribution >= 4 is 28.9 Å². The van der Waals surface area contributed by atoms with Gasteiger partial charge in [-0.15, -0.1) is 0 Å². The van der Waals surface area contributed by atoms with Gasteiger partial charge in [-0.3, -0.25) is 4.79 Å². The van der Waals surface area contributed by atoms with Gasteiger partial charge < -0.3 is 10.6 Å². The van der Waals surface area contributed by atoms with Gasteiger partial charge >= 0.3 is 0 Å². The molecule has 2 N–H and O–H groups in total. The van der Waals surface area contributed by atoms with Gasteiger partial charge in [0.2, 0.25) is 5.91 Å². The van der Waals surface area contributed by atoms with Gasteiger partial charge in [0.1, 0.15) is 17.7 Å². The molecule has 0 saturated carbocycles. The number of hydrogen-bond donors (Lipinski definition) is 2. The number of nitriles is 2. The molecule has 1 aromatic rings. The van der Waals surface area contributed by atoms with Crippen LogP contribution in [0.1, 0.15) is 6.92 Å². The van der Waals surface area contributed by atoms with Crippen LogP contribution in [-0.4, -0.2) is 5.91 Å². The Labute approximate surface area is 109 Å². The van der Waals surface area contributed by atoms with Crippen LogP contribution in [0.25, 0.3) is 0 Å². The van der Waals surface area contributed by atoms with E-state index >= 15 is 0 Å². The van der Waals surface area contributed by atoms with Crippen LogP contribution >= 0.6 is 11.6 Å². The zero-order valence-electron chi connectivity index (χ0n) is 9.49. The normalized spacial score (nSPS) is 8.67. The Kier molecular flexibility index (Phi) is 4.74. The van der Waals surface area contributed by atoms with Gasteiger partial charge in [-0.25, -0.2) is 0 Å². The lowest BCUT2D eigenvalue weighted by molar-refractivity contribution is -0.114. The fraction of sp³-hybridized carbons (Fsp3) is 0.0833. The molecule has 1 amide bonds. The van der Waals surface area contributed by atoms with Gasteiger partial charge in [-0.1, -0.05) is 11.6 Å². The Hall–Kier alpha value is -2.50. The molecule has 0 fully saturated rings. The third kappa shape index (κ3) is 3.82. The second-order valence-electron chi connectivity index (χ2n) is 3.30. The Morgan fingerprint density at radius 2 is 2.06 bits per heavy atom. The Morgan fingerprint density at radius 1 is 1.39 bits per heavy atom. The minimum absolute atomic E-state index is 0.0732. The fourth-order valence-corrected chi connectivity index (χ4v) is 1.33. The van der Waals surface area contributed by atoms with Crippen LogP contribution in [-0.2, 0) is 4.79 Å². The molecule has 0 radical (unpaired) electrons. The van der Waals surface area contributed by atoms with E-state index in [-0.39, 0.29) is 11.5 Å². The molecule has 1 rings (SSSR count). The fourth-order valence-electron chi connectivity index (χ4n) is 1.16. The number of hydrogen-bond acceptors (Lipinski definition) is 4. The van der Waals surface area contributed by atoms with Crippen LogP contribution in [0, 0.1) is 22.7 Å². The molecule has 0 aromatic heterocycles. The van der Waals surface area contributed by atoms with Gasteiger partial charge in [0, 0.05) is 18.8 Å². The highest BCUT2D eigenvalue weighted by molar-refractivity contribution is 6.33. The number of amides is 1. The highest BCUT2D eigenvalue weighted by atomic mass is 35.5. The number of nitrogens with zero attached hydrogens (tertiary/aromatic N) is 2. The summed E-state index contributed by atoms with van der Waals surface area (Å²) in [6, 6.07) is 8.28. The van der Waals surface area contributed by atoms with E-state index in [2.05, 4.69) is 10.6 Å². The molecule has 1 aromatic carbocycles. The molecule has 0 unspecified atom stereocenters. The molecule has 0 aliphatic rings. The molecule has 0 saturated heterocycles. The average Bonchev–Trinajstić information content (AvgIpc) is 2.33. The molecule has 0 spiro atoms. The minimum Gasteiger partial charge on any atom is -0.359 e. The zero-order valence-corrected chi connectivity index (χ0v) is 10.2. The van der Waals surface area contributed by atoms with E-state index in [9.17, 15) is 4.79 Å². The number of halogens is 1. The van der Waals surface area contributed by atoms with Gasteiger partial charge in [-0.2, -0.15) is 10.5 Å². The average molecular weight is 261 g/mol. The predicted molar refractivity (Wildman–Crippen MR) is 68.7 cm³/mol. The summed E-state index contributed by atoms with van der Waals surface area (Å²) in [5.74, 6) is -0.200. The second kappa shape index (κ2) is 6.29. The molecule has 90 valence electrons. The van der Waals surface area contributed by atoms with E-state index in [0.717, 1.165) is 0 Å². The summed E-state index contributed by atoms with van der Waals surface area (Å²) >= 11 is 5.93. The molecule has 6 heteroatoms. The number of rotatable bonds is 3. The summed E-state index contributed by atoms with van der Waals surface area (Å²) in [4.78, 5) is 10.9. The predicted octanol–water partition coefficient (Wildman–Crippen LogP) is 2.64. The lowest BCUT2D eigenvalue weighted by Crippen LogP contribution is -2.05. The van der Waals surface area contributed by atoms with E-state index in [4.69, 9.17) is 22.1 Å². The Morgan fingerprint density at radius 3 is 2.61 bits per heavy atom. The zero-order chi connectivity index (χ0) is 13.5. The van der Waals surface area contributed by atoms with Gasteiger partial charge in [-0.05, 0) is 18.2 Å². The summed E-state index contributed by atoms with van der Waals surface area (Å²) in [6.45, 7) is 1.39. The molecule has 0 heterocycles. The summed E-state index contributed by atoms with van der Waals surface area (Å²) < 4.78 is 0. The summed E-state index contributed by atoms with van der Waals surface area (Å²) in [5, 5.41) is 22.9. The number of carbonyl (C=O) groups is 1. The Balaban J connectivity index is 2.96. The number of benzene rings is 1. The van der Waals surface area contributed by atoms with E-state index in [0.29, 0.717) is 16.4 Å². The molecule has 5 nitrogen and oxygen atoms in total. The molecule has 0 aliphatic heterocycles. The lowest BCUT2D eigenvalue weighted by Gasteiger charge is -2.07. The topological polar surface area (TPSA) is 88.7 Å². The van der Waals surface area contributed by atoms with Gasteiger partial charge in [0.15, 0.2) is 0 Å². The first kappa shape index (κ1) is 13.6. The monoisotopic (exact) mass is 260 g/mol. The van der Waals surface area contributed by atoms with E-state index in [1.54, 1.807) is 30.3 Å². The maximum atomic E-state index is 10.9. The van der Waals surface area contributed by atoms with Crippen molar-refractivity contribution in [2.75, 3.05) is 10.6 Å². The summed E-state index contributed by atoms with van der Waals surface area (Å²) in [6.07, 6.45) is 1.25. The molecular formula is C12H9ClN4O. The van der Waals surface area contributed by atoms with E-state index in [1.165, 1.54) is 13.1 Å². The standard InChI is InChI=1S/C12H9ClN4O/c1-8(18)17-10-2-3-11(13)12(4-10)16-7-9(5-14)6-15/h2-4,7,16H,1H3,(H,17,18). The largest absolute Gasteiger partial charge is 0.359 e. The smallest absolute Gasteiger partial charge is 0.221 e. The van der Waals surface area contributed by atoms with Crippen LogP contribution in [0.3, 0.4) is 0 Å². The number of anilines is 2. The second-order valence-corrected chi connectivity index (χ2v) is 3.71. The van der Waals surface area contributed by atoms with Crippen molar-refractivity contribution in [3.63, 3.8) is 0 Å². The van der Waals surface area contributed by atoms with E-state index < -0.39 is 0 Å². The van der Waals surface area contributed by atoms with Crippen molar-refractivity contribution in [3.05, 3.63) is 35.0 Å². The van der Waals surface area contributed by atoms with Gasteiger partial charge in [0.05, 0.1) is 10.7 Å². The SMILES string of the molecule is CC(=O)Nc1ccc(Cl)c(NC=C(C#N)C#N)c1. The van der Waals surface area contributed by atoms with Crippen LogP contribution in [0.5, 0.6) is 0 Å². The van der Waals surface area contributed by atoms with Crippen LogP contribution in [0.4, 0.5) is 11.4 Å². The van der Waals surface area contributed by atoms with Crippen LogP contribution in [0.15, 0.2) is 30.0 Å². The lowest BCUT2D eigenvalue weighted by atomic mass is 10.2. The highest BCUT2D eigenvalue weighted by Gasteiger charge is 2.02. The number of carbonyl (C=O) groups excluding carboxylic acids is 1. The molecule has 0 atom stereocenters. The van der Waals surface area contributed by atoms with Crippen molar-refractivity contribution in [2.45, 2.75) is 6.92 Å². The maximum Gasteiger partial charge on any atom is 0.221 e. The van der Waals surface area contributed by atoms with Crippen molar-refractivity contribution in [1.82, 2.24) is 0 Å². The third-order valence-electron chi connectivity index (χ3n) is 1.90. The molecule has 0 bridgehead atoms. The van der Waals surface area contributed by atoms with E-state index in [1.807, 2.05) is 0 Å². The molecule has 0 aliphatic carbocycles. The first-order chi connectivity index (χ1) is 8.56. The maximum absolute atomic E-state index is 10.9. The van der Waals surface area contributed by atoms with Crippen LogP contribution in [0.2, 0.25) is 5.02 Å². The third-order valence-corrected chi connectivity index (χ3v) is 2.23. The minimum atomic E-state index is -0.200. The van der Waals surface area contributed by atoms with Gasteiger partial charge in [0.25, 0.3) is 0 Å². The summed E-state index contributed by atoms with van der Waals surface area (Å²) in [5.41, 5.74) is 0.986. The number of nitrogens with one attached hydrogen (secondary N) is 2. The van der Waals surface area contributed by atoms with Crippen LogP contribution < -0.4 is 10.6 Å². The first-order valence-corrected chi connectivity index (χ1v) is 5.28. The van der Waals surface area contributed by atoms with Crippen molar-refractivity contribution < 1.29 is 4.79 Å². The summed E-state index contributed by atoms with van der Waals surface area (Å²) in [7, 11) is 0. The van der Waals surface area contributed by atoms with Crippen molar-refractivity contribution in [1.29, 1.82) is 10.5 Å². The van der Waals surface area contributed by atoms with Crippen molar-refractivity contribution in [3.8, 4) is 12.1 Å². The Bertz CT molecular complexity index is 565.